The number of aryl methyl sites for hydroxylation is 3. The van der Waals surface area contributed by atoms with Gasteiger partial charge in [-0.05, 0) is 78.2 Å². The van der Waals surface area contributed by atoms with Gasteiger partial charge in [0.25, 0.3) is 0 Å². The Bertz CT molecular complexity index is 2060. The van der Waals surface area contributed by atoms with Gasteiger partial charge in [-0.2, -0.15) is 0 Å². The summed E-state index contributed by atoms with van der Waals surface area (Å²) in [5.41, 5.74) is 9.61. The van der Waals surface area contributed by atoms with Crippen LogP contribution in [0.15, 0.2) is 85.1 Å². The standard InChI is InChI=1S/C42H41N5O.Pt/c1-26-21-31(38-45-39(41(4,5)6)47-40(46-38)42(7,8)9)22-27(2)37(26)33-24-35(43-25-28(33)3)30-17-13-18-32(23-30)48-36-20-14-19-34(44-36)29-15-11-10-12-16-29;/h10-15,17-22,24-25H,1-9H3;/q-2;+2. The zero-order chi connectivity index (χ0) is 34.2. The third-order valence-electron chi connectivity index (χ3n) is 8.11. The maximum Gasteiger partial charge on any atom is 2.00 e. The third kappa shape index (κ3) is 8.03. The van der Waals surface area contributed by atoms with E-state index in [9.17, 15) is 0 Å². The maximum atomic E-state index is 6.17. The van der Waals surface area contributed by atoms with Gasteiger partial charge in [0.2, 0.25) is 5.88 Å². The summed E-state index contributed by atoms with van der Waals surface area (Å²) in [6.45, 7) is 19.2. The van der Waals surface area contributed by atoms with Crippen molar-refractivity contribution in [1.29, 1.82) is 0 Å². The Morgan fingerprint density at radius 1 is 0.633 bits per heavy atom. The average Bonchev–Trinajstić information content (AvgIpc) is 3.05. The van der Waals surface area contributed by atoms with Crippen LogP contribution in [0.5, 0.6) is 11.6 Å². The molecule has 0 aliphatic rings. The van der Waals surface area contributed by atoms with Crippen LogP contribution >= 0.6 is 0 Å². The van der Waals surface area contributed by atoms with Crippen molar-refractivity contribution >= 4 is 0 Å². The van der Waals surface area contributed by atoms with Gasteiger partial charge in [0.1, 0.15) is 11.6 Å². The number of aromatic nitrogens is 5. The third-order valence-corrected chi connectivity index (χ3v) is 8.11. The van der Waals surface area contributed by atoms with Crippen LogP contribution in [0.4, 0.5) is 0 Å². The summed E-state index contributed by atoms with van der Waals surface area (Å²) in [6.07, 6.45) is 1.93. The minimum absolute atomic E-state index is 0. The van der Waals surface area contributed by atoms with Crippen molar-refractivity contribution in [1.82, 2.24) is 24.9 Å². The molecule has 250 valence electrons. The van der Waals surface area contributed by atoms with Gasteiger partial charge in [-0.1, -0.05) is 65.8 Å². The Labute approximate surface area is 304 Å². The van der Waals surface area contributed by atoms with Crippen LogP contribution in [-0.4, -0.2) is 24.9 Å². The van der Waals surface area contributed by atoms with Crippen LogP contribution in [-0.2, 0) is 31.9 Å². The fraction of sp³-hybridized carbons (Fsp3) is 0.262. The van der Waals surface area contributed by atoms with E-state index in [2.05, 4.69) is 97.6 Å². The topological polar surface area (TPSA) is 73.7 Å². The molecule has 3 aromatic heterocycles. The first-order chi connectivity index (χ1) is 22.8. The van der Waals surface area contributed by atoms with Crippen molar-refractivity contribution in [2.75, 3.05) is 0 Å². The van der Waals surface area contributed by atoms with Gasteiger partial charge in [0.05, 0.1) is 0 Å². The Kier molecular flexibility index (Phi) is 10.3. The molecule has 0 saturated carbocycles. The van der Waals surface area contributed by atoms with E-state index in [0.717, 1.165) is 62.0 Å². The van der Waals surface area contributed by atoms with Crippen molar-refractivity contribution in [2.45, 2.75) is 73.1 Å². The van der Waals surface area contributed by atoms with Crippen LogP contribution in [0.25, 0.3) is 45.0 Å². The van der Waals surface area contributed by atoms with Gasteiger partial charge in [-0.25, -0.2) is 15.0 Å². The van der Waals surface area contributed by atoms with Crippen LogP contribution in [0.3, 0.4) is 0 Å². The molecule has 0 bridgehead atoms. The Morgan fingerprint density at radius 2 is 1.29 bits per heavy atom. The van der Waals surface area contributed by atoms with Crippen LogP contribution < -0.4 is 4.74 Å². The molecule has 0 aliphatic heterocycles. The molecule has 0 spiro atoms. The van der Waals surface area contributed by atoms with Crippen LogP contribution in [0.1, 0.15) is 69.9 Å². The Morgan fingerprint density at radius 3 is 1.92 bits per heavy atom. The number of benzene rings is 3. The smallest absolute Gasteiger partial charge is 0.460 e. The van der Waals surface area contributed by atoms with Gasteiger partial charge in [-0.15, -0.1) is 59.7 Å². The molecule has 49 heavy (non-hydrogen) atoms. The molecule has 3 heterocycles. The predicted octanol–water partition coefficient (Wildman–Crippen LogP) is 10.2. The zero-order valence-electron chi connectivity index (χ0n) is 29.5. The molecule has 0 atom stereocenters. The minimum atomic E-state index is -0.201. The summed E-state index contributed by atoms with van der Waals surface area (Å²) >= 11 is 0. The second-order valence-corrected chi connectivity index (χ2v) is 14.3. The number of nitrogens with zero attached hydrogens (tertiary/aromatic N) is 5. The van der Waals surface area contributed by atoms with Gasteiger partial charge in [-0.3, -0.25) is 4.98 Å². The average molecular weight is 827 g/mol. The molecular weight excluding hydrogens is 786 g/mol. The molecule has 0 unspecified atom stereocenters. The van der Waals surface area contributed by atoms with E-state index < -0.39 is 0 Å². The van der Waals surface area contributed by atoms with E-state index in [1.807, 2.05) is 66.9 Å². The van der Waals surface area contributed by atoms with Gasteiger partial charge in [0, 0.05) is 28.3 Å². The summed E-state index contributed by atoms with van der Waals surface area (Å²) in [7, 11) is 0. The quantitative estimate of drug-likeness (QED) is 0.156. The normalized spacial score (nSPS) is 11.6. The van der Waals surface area contributed by atoms with Crippen molar-refractivity contribution in [3.63, 3.8) is 0 Å². The first-order valence-electron chi connectivity index (χ1n) is 16.3. The van der Waals surface area contributed by atoms with E-state index >= 15 is 0 Å². The molecule has 6 rings (SSSR count). The minimum Gasteiger partial charge on any atom is -0.460 e. The molecule has 0 amide bonds. The SMILES string of the molecule is Cc1cnc(-c2[c-]c(Oc3cccc(-c4[c-]cccc4)n3)ccc2)cc1-c1c(C)cc(-c2nc(C(C)(C)C)nc(C(C)(C)C)n2)cc1C.[Pt+2]. The molecule has 0 radical (unpaired) electrons. The molecule has 6 nitrogen and oxygen atoms in total. The number of pyridine rings is 2. The Hall–Kier alpha value is -4.54. The monoisotopic (exact) mass is 826 g/mol. The van der Waals surface area contributed by atoms with E-state index in [4.69, 9.17) is 24.7 Å². The largest absolute Gasteiger partial charge is 2.00 e. The van der Waals surface area contributed by atoms with Gasteiger partial charge in [0.15, 0.2) is 5.82 Å². The van der Waals surface area contributed by atoms with Crippen LogP contribution in [0.2, 0.25) is 0 Å². The molecule has 0 aliphatic carbocycles. The van der Waals surface area contributed by atoms with Crippen molar-refractivity contribution in [3.05, 3.63) is 126 Å². The summed E-state index contributed by atoms with van der Waals surface area (Å²) in [5, 5.41) is 0. The summed E-state index contributed by atoms with van der Waals surface area (Å²) in [6, 6.07) is 32.5. The van der Waals surface area contributed by atoms with Gasteiger partial charge < -0.3 is 9.72 Å². The molecule has 6 aromatic rings. The van der Waals surface area contributed by atoms with E-state index in [1.54, 1.807) is 0 Å². The van der Waals surface area contributed by atoms with Crippen LogP contribution in [0, 0.1) is 32.9 Å². The second-order valence-electron chi connectivity index (χ2n) is 14.3. The zero-order valence-corrected chi connectivity index (χ0v) is 31.8. The van der Waals surface area contributed by atoms with E-state index in [-0.39, 0.29) is 31.9 Å². The fourth-order valence-corrected chi connectivity index (χ4v) is 5.58. The number of hydrogen-bond acceptors (Lipinski definition) is 6. The van der Waals surface area contributed by atoms with E-state index in [0.29, 0.717) is 17.5 Å². The molecule has 7 heteroatoms. The van der Waals surface area contributed by atoms with Crippen molar-refractivity contribution in [3.8, 4) is 56.7 Å². The summed E-state index contributed by atoms with van der Waals surface area (Å²) in [4.78, 5) is 24.2. The molecular formula is C42H41N5OPt. The Balaban J connectivity index is 0.00000468. The maximum absolute atomic E-state index is 6.17. The number of rotatable bonds is 6. The fourth-order valence-electron chi connectivity index (χ4n) is 5.58. The summed E-state index contributed by atoms with van der Waals surface area (Å²) < 4.78 is 6.17. The molecule has 3 aromatic carbocycles. The van der Waals surface area contributed by atoms with E-state index in [1.165, 1.54) is 5.56 Å². The first kappa shape index (κ1) is 35.8. The predicted molar refractivity (Wildman–Crippen MR) is 193 cm³/mol. The number of hydrogen-bond donors (Lipinski definition) is 0. The molecule has 0 saturated heterocycles. The number of ether oxygens (including phenoxy) is 1. The molecule has 0 fully saturated rings. The second kappa shape index (κ2) is 14.1. The molecule has 0 N–H and O–H groups in total. The first-order valence-corrected chi connectivity index (χ1v) is 16.3. The van der Waals surface area contributed by atoms with Crippen molar-refractivity contribution < 1.29 is 25.8 Å². The van der Waals surface area contributed by atoms with Gasteiger partial charge >= 0.3 is 21.1 Å². The summed E-state index contributed by atoms with van der Waals surface area (Å²) in [5.74, 6) is 3.36. The van der Waals surface area contributed by atoms with Crippen molar-refractivity contribution in [2.24, 2.45) is 0 Å².